The zero-order chi connectivity index (χ0) is 17.5. The molecule has 0 heterocycles. The fourth-order valence-electron chi connectivity index (χ4n) is 2.71. The number of carbonyl (C=O) groups is 1. The van der Waals surface area contributed by atoms with Gasteiger partial charge in [-0.25, -0.2) is 4.79 Å². The lowest BCUT2D eigenvalue weighted by Gasteiger charge is -2.06. The predicted octanol–water partition coefficient (Wildman–Crippen LogP) is 5.23. The van der Waals surface area contributed by atoms with Crippen LogP contribution in [0.5, 0.6) is 0 Å². The van der Waals surface area contributed by atoms with Crippen molar-refractivity contribution in [3.63, 3.8) is 0 Å². The maximum atomic E-state index is 11.5. The number of methoxy groups -OCH3 is 1. The van der Waals surface area contributed by atoms with Crippen molar-refractivity contribution in [2.45, 2.75) is 6.42 Å². The fourth-order valence-corrected chi connectivity index (χ4v) is 2.71. The molecule has 0 amide bonds. The van der Waals surface area contributed by atoms with Crippen molar-refractivity contribution >= 4 is 18.1 Å². The van der Waals surface area contributed by atoms with Gasteiger partial charge in [0.2, 0.25) is 0 Å². The summed E-state index contributed by atoms with van der Waals surface area (Å²) in [6.45, 7) is 0. The molecule has 25 heavy (non-hydrogen) atoms. The summed E-state index contributed by atoms with van der Waals surface area (Å²) < 4.78 is 4.72. The first-order chi connectivity index (χ1) is 12.3. The summed E-state index contributed by atoms with van der Waals surface area (Å²) >= 11 is 0. The Morgan fingerprint density at radius 3 is 2.24 bits per heavy atom. The summed E-state index contributed by atoms with van der Waals surface area (Å²) in [5, 5.41) is 0. The molecule has 0 N–H and O–H groups in total. The van der Waals surface area contributed by atoms with Gasteiger partial charge in [0.25, 0.3) is 0 Å². The highest BCUT2D eigenvalue weighted by Gasteiger charge is 2.04. The van der Waals surface area contributed by atoms with Crippen LogP contribution < -0.4 is 0 Å². The van der Waals surface area contributed by atoms with Crippen LogP contribution in [0.1, 0.15) is 32.6 Å². The summed E-state index contributed by atoms with van der Waals surface area (Å²) in [5.74, 6) is -0.316. The fraction of sp³-hybridized carbons (Fsp3) is 0.0870. The monoisotopic (exact) mass is 328 g/mol. The molecular formula is C23H20O2. The van der Waals surface area contributed by atoms with E-state index in [0.29, 0.717) is 5.56 Å². The minimum absolute atomic E-state index is 0.316. The van der Waals surface area contributed by atoms with Crippen molar-refractivity contribution in [2.75, 3.05) is 7.11 Å². The Balaban J connectivity index is 1.78. The van der Waals surface area contributed by atoms with Crippen LogP contribution in [-0.2, 0) is 11.2 Å². The number of benzene rings is 3. The third-order valence-corrected chi connectivity index (χ3v) is 4.08. The first-order valence-corrected chi connectivity index (χ1v) is 8.24. The zero-order valence-electron chi connectivity index (χ0n) is 14.2. The number of carbonyl (C=O) groups excluding carboxylic acids is 1. The third-order valence-electron chi connectivity index (χ3n) is 4.08. The van der Waals surface area contributed by atoms with Gasteiger partial charge in [0, 0.05) is 0 Å². The second kappa shape index (κ2) is 8.11. The highest BCUT2D eigenvalue weighted by atomic mass is 16.5. The summed E-state index contributed by atoms with van der Waals surface area (Å²) in [4.78, 5) is 11.5. The number of ether oxygens (including phenoxy) is 1. The van der Waals surface area contributed by atoms with Gasteiger partial charge in [-0.2, -0.15) is 0 Å². The molecule has 3 aromatic rings. The average Bonchev–Trinajstić information content (AvgIpc) is 2.68. The zero-order valence-corrected chi connectivity index (χ0v) is 14.2. The van der Waals surface area contributed by atoms with Gasteiger partial charge in [-0.1, -0.05) is 78.9 Å². The molecular weight excluding hydrogens is 308 g/mol. The average molecular weight is 328 g/mol. The molecule has 0 aliphatic heterocycles. The first-order valence-electron chi connectivity index (χ1n) is 8.24. The van der Waals surface area contributed by atoms with E-state index in [2.05, 4.69) is 60.7 Å². The van der Waals surface area contributed by atoms with Gasteiger partial charge >= 0.3 is 5.97 Å². The minimum Gasteiger partial charge on any atom is -0.465 e. The molecule has 3 rings (SSSR count). The minimum atomic E-state index is -0.316. The van der Waals surface area contributed by atoms with E-state index in [9.17, 15) is 4.79 Å². The van der Waals surface area contributed by atoms with Gasteiger partial charge in [-0.3, -0.25) is 0 Å². The number of hydrogen-bond donors (Lipinski definition) is 0. The van der Waals surface area contributed by atoms with Gasteiger partial charge in [0.15, 0.2) is 0 Å². The second-order valence-electron chi connectivity index (χ2n) is 5.81. The standard InChI is InChI=1S/C23H20O2/c1-25-23(24)21-15-12-18(13-16-21)11-14-20-9-5-6-10-22(20)17-19-7-3-2-4-8-19/h2-16H,17H2,1H3/b14-11+. The molecule has 0 spiro atoms. The maximum absolute atomic E-state index is 11.5. The molecule has 0 atom stereocenters. The van der Waals surface area contributed by atoms with Crippen molar-refractivity contribution in [1.82, 2.24) is 0 Å². The van der Waals surface area contributed by atoms with E-state index in [1.807, 2.05) is 18.2 Å². The normalized spacial score (nSPS) is 10.8. The lowest BCUT2D eigenvalue weighted by Crippen LogP contribution is -2.00. The topological polar surface area (TPSA) is 26.3 Å². The van der Waals surface area contributed by atoms with E-state index < -0.39 is 0 Å². The van der Waals surface area contributed by atoms with Crippen LogP contribution in [0.25, 0.3) is 12.2 Å². The van der Waals surface area contributed by atoms with Crippen molar-refractivity contribution < 1.29 is 9.53 Å². The quantitative estimate of drug-likeness (QED) is 0.473. The molecule has 0 fully saturated rings. The number of esters is 1. The Kier molecular flexibility index (Phi) is 5.43. The van der Waals surface area contributed by atoms with Crippen molar-refractivity contribution in [3.05, 3.63) is 107 Å². The molecule has 0 saturated carbocycles. The molecule has 0 saturated heterocycles. The Bertz CT molecular complexity index is 862. The molecule has 2 heteroatoms. The highest BCUT2D eigenvalue weighted by molar-refractivity contribution is 5.89. The van der Waals surface area contributed by atoms with Crippen LogP contribution in [0.3, 0.4) is 0 Å². The molecule has 0 bridgehead atoms. The van der Waals surface area contributed by atoms with E-state index in [1.54, 1.807) is 12.1 Å². The predicted molar refractivity (Wildman–Crippen MR) is 102 cm³/mol. The van der Waals surface area contributed by atoms with Crippen molar-refractivity contribution in [1.29, 1.82) is 0 Å². The van der Waals surface area contributed by atoms with Gasteiger partial charge in [-0.05, 0) is 40.8 Å². The molecule has 0 aliphatic rings. The van der Waals surface area contributed by atoms with E-state index in [-0.39, 0.29) is 5.97 Å². The van der Waals surface area contributed by atoms with Gasteiger partial charge < -0.3 is 4.74 Å². The number of rotatable bonds is 5. The maximum Gasteiger partial charge on any atom is 0.337 e. The van der Waals surface area contributed by atoms with E-state index in [1.165, 1.54) is 23.8 Å². The molecule has 2 nitrogen and oxygen atoms in total. The molecule has 0 radical (unpaired) electrons. The van der Waals surface area contributed by atoms with E-state index in [4.69, 9.17) is 4.74 Å². The molecule has 0 unspecified atom stereocenters. The first kappa shape index (κ1) is 16.7. The lowest BCUT2D eigenvalue weighted by atomic mass is 9.99. The van der Waals surface area contributed by atoms with E-state index >= 15 is 0 Å². The Morgan fingerprint density at radius 1 is 0.840 bits per heavy atom. The molecule has 124 valence electrons. The van der Waals surface area contributed by atoms with Crippen LogP contribution in [0.2, 0.25) is 0 Å². The largest absolute Gasteiger partial charge is 0.465 e. The SMILES string of the molecule is COC(=O)c1ccc(/C=C/c2ccccc2Cc2ccccc2)cc1. The summed E-state index contributed by atoms with van der Waals surface area (Å²) in [7, 11) is 1.39. The second-order valence-corrected chi connectivity index (χ2v) is 5.81. The highest BCUT2D eigenvalue weighted by Crippen LogP contribution is 2.17. The number of hydrogen-bond acceptors (Lipinski definition) is 2. The van der Waals surface area contributed by atoms with Crippen LogP contribution in [0, 0.1) is 0 Å². The van der Waals surface area contributed by atoms with Crippen molar-refractivity contribution in [2.24, 2.45) is 0 Å². The van der Waals surface area contributed by atoms with Gasteiger partial charge in [0.05, 0.1) is 12.7 Å². The summed E-state index contributed by atoms with van der Waals surface area (Å²) in [6, 6.07) is 26.3. The van der Waals surface area contributed by atoms with Gasteiger partial charge in [-0.15, -0.1) is 0 Å². The Morgan fingerprint density at radius 2 is 1.52 bits per heavy atom. The molecule has 3 aromatic carbocycles. The van der Waals surface area contributed by atoms with E-state index in [0.717, 1.165) is 12.0 Å². The molecule has 0 aromatic heterocycles. The van der Waals surface area contributed by atoms with Crippen LogP contribution in [-0.4, -0.2) is 13.1 Å². The smallest absolute Gasteiger partial charge is 0.337 e. The lowest BCUT2D eigenvalue weighted by molar-refractivity contribution is 0.0600. The van der Waals surface area contributed by atoms with Gasteiger partial charge in [0.1, 0.15) is 0 Å². The summed E-state index contributed by atoms with van der Waals surface area (Å²) in [6.07, 6.45) is 5.08. The Hall–Kier alpha value is -3.13. The third kappa shape index (κ3) is 4.45. The van der Waals surface area contributed by atoms with Crippen molar-refractivity contribution in [3.8, 4) is 0 Å². The summed E-state index contributed by atoms with van der Waals surface area (Å²) in [5.41, 5.74) is 5.39. The van der Waals surface area contributed by atoms with Crippen LogP contribution >= 0.6 is 0 Å². The van der Waals surface area contributed by atoms with Crippen LogP contribution in [0.4, 0.5) is 0 Å². The molecule has 0 aliphatic carbocycles. The van der Waals surface area contributed by atoms with Crippen LogP contribution in [0.15, 0.2) is 78.9 Å². The Labute approximate surface area is 148 Å².